The van der Waals surface area contributed by atoms with Crippen molar-refractivity contribution in [3.63, 3.8) is 0 Å². The highest BCUT2D eigenvalue weighted by molar-refractivity contribution is 5.99. The number of H-pyrrole nitrogens is 1. The average molecular weight is 803 g/mol. The van der Waals surface area contributed by atoms with Crippen LogP contribution in [0.5, 0.6) is 0 Å². The molecular formula is C45H66N6O7. The lowest BCUT2D eigenvalue weighted by Crippen LogP contribution is -2.49. The number of amides is 2. The molecule has 0 spiro atoms. The number of anilines is 1. The van der Waals surface area contributed by atoms with Gasteiger partial charge in [-0.2, -0.15) is 0 Å². The summed E-state index contributed by atoms with van der Waals surface area (Å²) in [6.07, 6.45) is 2.88. The first kappa shape index (κ1) is 45.0. The van der Waals surface area contributed by atoms with Crippen molar-refractivity contribution in [2.24, 2.45) is 0 Å². The summed E-state index contributed by atoms with van der Waals surface area (Å²) in [5.41, 5.74) is 7.84. The number of pyridine rings is 1. The fourth-order valence-electron chi connectivity index (χ4n) is 7.76. The minimum atomic E-state index is -0.202. The van der Waals surface area contributed by atoms with E-state index in [0.29, 0.717) is 63.3 Å². The van der Waals surface area contributed by atoms with Gasteiger partial charge < -0.3 is 39.5 Å². The zero-order chi connectivity index (χ0) is 41.3. The van der Waals surface area contributed by atoms with E-state index in [1.54, 1.807) is 0 Å². The minimum Gasteiger partial charge on any atom is -0.381 e. The van der Waals surface area contributed by atoms with E-state index in [0.717, 1.165) is 112 Å². The average Bonchev–Trinajstić information content (AvgIpc) is 3.22. The summed E-state index contributed by atoms with van der Waals surface area (Å²) in [5, 5.41) is 6.01. The molecule has 0 atom stereocenters. The second-order valence-electron chi connectivity index (χ2n) is 15.4. The third-order valence-corrected chi connectivity index (χ3v) is 11.0. The second kappa shape index (κ2) is 23.5. The standard InChI is InChI=1S/C45H66N6O7/c1-6-19-55-23-25-58-26-24-57-22-14-46-43(52)32-50-17-15-49(16-18-50)31-36-8-10-37(11-9-36)38-28-40(44(53)47-30-41-33(3)27-34(4)48-45(41)54)35(5)42(29-38)51(7-2)39-12-20-56-21-13-39/h8-11,27-29,39H,6-7,12-26,30-32H2,1-5H3,(H,46,52)(H,47,53)(H,48,54). The maximum Gasteiger partial charge on any atom is 0.253 e. The molecule has 2 amide bonds. The Morgan fingerprint density at radius 3 is 2.14 bits per heavy atom. The first-order valence-electron chi connectivity index (χ1n) is 21.2. The van der Waals surface area contributed by atoms with E-state index in [1.807, 2.05) is 32.9 Å². The zero-order valence-electron chi connectivity index (χ0n) is 35.5. The molecule has 2 aliphatic heterocycles. The number of benzene rings is 2. The van der Waals surface area contributed by atoms with E-state index in [-0.39, 0.29) is 23.9 Å². The third kappa shape index (κ3) is 13.5. The summed E-state index contributed by atoms with van der Waals surface area (Å²) in [5.74, 6) is -0.185. The largest absolute Gasteiger partial charge is 0.381 e. The van der Waals surface area contributed by atoms with Crippen LogP contribution in [0.25, 0.3) is 11.1 Å². The molecular weight excluding hydrogens is 737 g/mol. The van der Waals surface area contributed by atoms with Crippen molar-refractivity contribution in [3.8, 4) is 11.1 Å². The van der Waals surface area contributed by atoms with Gasteiger partial charge >= 0.3 is 0 Å². The normalized spacial score (nSPS) is 15.4. The van der Waals surface area contributed by atoms with Crippen LogP contribution in [-0.2, 0) is 36.8 Å². The lowest BCUT2D eigenvalue weighted by atomic mass is 9.94. The van der Waals surface area contributed by atoms with Crippen molar-refractivity contribution >= 4 is 17.5 Å². The van der Waals surface area contributed by atoms with E-state index < -0.39 is 0 Å². The molecule has 2 saturated heterocycles. The number of ether oxygens (including phenoxy) is 4. The summed E-state index contributed by atoms with van der Waals surface area (Å²) < 4.78 is 22.1. The molecule has 0 saturated carbocycles. The minimum absolute atomic E-state index is 0.0169. The molecule has 3 N–H and O–H groups in total. The molecule has 3 heterocycles. The second-order valence-corrected chi connectivity index (χ2v) is 15.4. The number of rotatable bonds is 22. The Bertz CT molecular complexity index is 1800. The summed E-state index contributed by atoms with van der Waals surface area (Å²) in [6.45, 7) is 21.0. The molecule has 0 bridgehead atoms. The van der Waals surface area contributed by atoms with Crippen LogP contribution in [0, 0.1) is 20.8 Å². The van der Waals surface area contributed by atoms with Crippen molar-refractivity contribution in [1.82, 2.24) is 25.4 Å². The first-order chi connectivity index (χ1) is 28.2. The molecule has 2 fully saturated rings. The van der Waals surface area contributed by atoms with Gasteiger partial charge in [0.2, 0.25) is 5.91 Å². The van der Waals surface area contributed by atoms with Gasteiger partial charge in [0.1, 0.15) is 0 Å². The highest BCUT2D eigenvalue weighted by atomic mass is 16.5. The monoisotopic (exact) mass is 802 g/mol. The topological polar surface area (TPSA) is 138 Å². The van der Waals surface area contributed by atoms with E-state index in [4.69, 9.17) is 18.9 Å². The SMILES string of the molecule is CCCOCCOCCOCCNC(=O)CN1CCN(Cc2ccc(-c3cc(C(=O)NCc4c(C)cc(C)[nH]c4=O)c(C)c(N(CC)C4CCOCC4)c3)cc2)CC1. The molecule has 0 unspecified atom stereocenters. The summed E-state index contributed by atoms with van der Waals surface area (Å²) in [4.78, 5) is 49.1. The third-order valence-electron chi connectivity index (χ3n) is 11.0. The van der Waals surface area contributed by atoms with E-state index in [1.165, 1.54) is 5.56 Å². The number of nitrogens with one attached hydrogen (secondary N) is 3. The Balaban J connectivity index is 1.15. The Morgan fingerprint density at radius 2 is 1.48 bits per heavy atom. The van der Waals surface area contributed by atoms with E-state index >= 15 is 0 Å². The fraction of sp³-hybridized carbons (Fsp3) is 0.578. The lowest BCUT2D eigenvalue weighted by molar-refractivity contribution is -0.123. The van der Waals surface area contributed by atoms with Crippen LogP contribution < -0.4 is 21.1 Å². The van der Waals surface area contributed by atoms with E-state index in [9.17, 15) is 14.4 Å². The van der Waals surface area contributed by atoms with Crippen LogP contribution in [0.4, 0.5) is 5.69 Å². The van der Waals surface area contributed by atoms with Gasteiger partial charge in [0.15, 0.2) is 0 Å². The number of hydrogen-bond acceptors (Lipinski definition) is 10. The maximum absolute atomic E-state index is 13.9. The van der Waals surface area contributed by atoms with Crippen molar-refractivity contribution in [1.29, 1.82) is 0 Å². The fourth-order valence-corrected chi connectivity index (χ4v) is 7.76. The first-order valence-corrected chi connectivity index (χ1v) is 21.2. The Hall–Kier alpha value is -4.11. The molecule has 2 aromatic carbocycles. The number of carbonyl (C=O) groups is 2. The number of aromatic amines is 1. The molecule has 5 rings (SSSR count). The zero-order valence-corrected chi connectivity index (χ0v) is 35.5. The van der Waals surface area contributed by atoms with Crippen LogP contribution >= 0.6 is 0 Å². The van der Waals surface area contributed by atoms with Gasteiger partial charge in [-0.05, 0) is 93.0 Å². The number of aromatic nitrogens is 1. The lowest BCUT2D eigenvalue weighted by Gasteiger charge is -2.37. The smallest absolute Gasteiger partial charge is 0.253 e. The van der Waals surface area contributed by atoms with Gasteiger partial charge in [-0.1, -0.05) is 31.2 Å². The summed E-state index contributed by atoms with van der Waals surface area (Å²) >= 11 is 0. The summed E-state index contributed by atoms with van der Waals surface area (Å²) in [6, 6.07) is 15.1. The number of hydrogen-bond donors (Lipinski definition) is 3. The molecule has 318 valence electrons. The van der Waals surface area contributed by atoms with Gasteiger partial charge in [0.05, 0.1) is 39.6 Å². The van der Waals surface area contributed by atoms with E-state index in [2.05, 4.69) is 74.5 Å². The maximum atomic E-state index is 13.9. The molecule has 0 aliphatic carbocycles. The molecule has 13 heteroatoms. The number of aryl methyl sites for hydroxylation is 2. The van der Waals surface area contributed by atoms with Gasteiger partial charge in [-0.25, -0.2) is 0 Å². The van der Waals surface area contributed by atoms with Crippen LogP contribution in [0.3, 0.4) is 0 Å². The Kier molecular flexibility index (Phi) is 18.2. The molecule has 3 aromatic rings. The van der Waals surface area contributed by atoms with Crippen molar-refractivity contribution in [2.45, 2.75) is 73.0 Å². The highest BCUT2D eigenvalue weighted by Crippen LogP contribution is 2.34. The van der Waals surface area contributed by atoms with Crippen molar-refractivity contribution in [2.75, 3.05) is 104 Å². The predicted octanol–water partition coefficient (Wildman–Crippen LogP) is 4.60. The number of carbonyl (C=O) groups excluding carboxylic acids is 2. The van der Waals surface area contributed by atoms with Crippen LogP contribution in [0.2, 0.25) is 0 Å². The molecule has 0 radical (unpaired) electrons. The van der Waals surface area contributed by atoms with Gasteiger partial charge in [0.25, 0.3) is 11.5 Å². The molecule has 1 aromatic heterocycles. The predicted molar refractivity (Wildman–Crippen MR) is 229 cm³/mol. The van der Waals surface area contributed by atoms with Gasteiger partial charge in [0, 0.05) is 101 Å². The van der Waals surface area contributed by atoms with Crippen LogP contribution in [-0.4, -0.2) is 131 Å². The van der Waals surface area contributed by atoms with Crippen LogP contribution in [0.1, 0.15) is 71.4 Å². The number of nitrogens with zero attached hydrogens (tertiary/aromatic N) is 3. The molecule has 13 nitrogen and oxygen atoms in total. The molecule has 58 heavy (non-hydrogen) atoms. The quantitative estimate of drug-likeness (QED) is 0.124. The molecule has 2 aliphatic rings. The van der Waals surface area contributed by atoms with Gasteiger partial charge in [-0.15, -0.1) is 0 Å². The van der Waals surface area contributed by atoms with Crippen LogP contribution in [0.15, 0.2) is 47.3 Å². The van der Waals surface area contributed by atoms with Crippen molar-refractivity contribution < 1.29 is 28.5 Å². The highest BCUT2D eigenvalue weighted by Gasteiger charge is 2.25. The van der Waals surface area contributed by atoms with Crippen molar-refractivity contribution in [3.05, 3.63) is 86.3 Å². The Labute approximate surface area is 344 Å². The Morgan fingerprint density at radius 1 is 0.828 bits per heavy atom. The summed E-state index contributed by atoms with van der Waals surface area (Å²) in [7, 11) is 0. The van der Waals surface area contributed by atoms with Gasteiger partial charge in [-0.3, -0.25) is 24.2 Å². The number of piperazine rings is 1.